The Hall–Kier alpha value is -1.99. The fourth-order valence-electron chi connectivity index (χ4n) is 2.51. The molecule has 2 atom stereocenters. The third-order valence-electron chi connectivity index (χ3n) is 3.86. The summed E-state index contributed by atoms with van der Waals surface area (Å²) in [5, 5.41) is 4.80. The van der Waals surface area contributed by atoms with E-state index in [-0.39, 0.29) is 17.8 Å². The van der Waals surface area contributed by atoms with Crippen molar-refractivity contribution < 1.29 is 9.18 Å². The van der Waals surface area contributed by atoms with E-state index in [4.69, 9.17) is 23.2 Å². The highest BCUT2D eigenvalue weighted by Gasteiger charge is 2.30. The maximum absolute atomic E-state index is 13.0. The molecule has 2 aromatic carbocycles. The van der Waals surface area contributed by atoms with Gasteiger partial charge in [0.15, 0.2) is 0 Å². The van der Waals surface area contributed by atoms with Crippen LogP contribution in [0.15, 0.2) is 47.6 Å². The summed E-state index contributed by atoms with van der Waals surface area (Å²) >= 11 is 12.1. The van der Waals surface area contributed by atoms with Crippen molar-refractivity contribution in [3.8, 4) is 0 Å². The van der Waals surface area contributed by atoms with E-state index in [0.717, 1.165) is 5.56 Å². The summed E-state index contributed by atoms with van der Waals surface area (Å²) in [6.45, 7) is 0. The van der Waals surface area contributed by atoms with Gasteiger partial charge in [-0.1, -0.05) is 41.4 Å². The zero-order valence-electron chi connectivity index (χ0n) is 13.0. The van der Waals surface area contributed by atoms with Crippen LogP contribution in [0.4, 0.5) is 4.39 Å². The van der Waals surface area contributed by atoms with Gasteiger partial charge in [-0.2, -0.15) is 5.10 Å². The van der Waals surface area contributed by atoms with Gasteiger partial charge in [-0.3, -0.25) is 4.79 Å². The number of benzene rings is 2. The van der Waals surface area contributed by atoms with E-state index >= 15 is 0 Å². The van der Waals surface area contributed by atoms with Crippen LogP contribution < -0.4 is 16.3 Å². The molecule has 25 heavy (non-hydrogen) atoms. The van der Waals surface area contributed by atoms with Gasteiger partial charge in [0.05, 0.1) is 16.3 Å². The lowest BCUT2D eigenvalue weighted by Crippen LogP contribution is -2.41. The van der Waals surface area contributed by atoms with Gasteiger partial charge in [-0.15, -0.1) is 0 Å². The Morgan fingerprint density at radius 1 is 1.16 bits per heavy atom. The predicted molar refractivity (Wildman–Crippen MR) is 96.0 cm³/mol. The van der Waals surface area contributed by atoms with Gasteiger partial charge < -0.3 is 0 Å². The third kappa shape index (κ3) is 4.35. The highest BCUT2D eigenvalue weighted by atomic mass is 35.5. The van der Waals surface area contributed by atoms with E-state index in [9.17, 15) is 9.18 Å². The second-order valence-corrected chi connectivity index (χ2v) is 6.37. The minimum absolute atomic E-state index is 0.0849. The SMILES string of the molecule is O=C(N/N=C/c1c(Cl)cccc1Cl)C1CC(c2ccc(F)cc2)NN1. The number of hydrogen-bond donors (Lipinski definition) is 3. The molecule has 8 heteroatoms. The summed E-state index contributed by atoms with van der Waals surface area (Å²) in [4.78, 5) is 12.2. The van der Waals surface area contributed by atoms with Crippen LogP contribution >= 0.6 is 23.2 Å². The van der Waals surface area contributed by atoms with Gasteiger partial charge in [0.25, 0.3) is 5.91 Å². The van der Waals surface area contributed by atoms with Crippen LogP contribution in [0.1, 0.15) is 23.6 Å². The van der Waals surface area contributed by atoms with Crippen molar-refractivity contribution in [3.63, 3.8) is 0 Å². The fourth-order valence-corrected chi connectivity index (χ4v) is 3.01. The first-order valence-electron chi connectivity index (χ1n) is 7.58. The van der Waals surface area contributed by atoms with Gasteiger partial charge >= 0.3 is 0 Å². The topological polar surface area (TPSA) is 65.5 Å². The number of carbonyl (C=O) groups is 1. The number of hydrazine groups is 1. The minimum Gasteiger partial charge on any atom is -0.271 e. The van der Waals surface area contributed by atoms with E-state index in [1.807, 2.05) is 0 Å². The van der Waals surface area contributed by atoms with Crippen LogP contribution in [0.3, 0.4) is 0 Å². The van der Waals surface area contributed by atoms with Crippen LogP contribution in [0, 0.1) is 5.82 Å². The molecule has 5 nitrogen and oxygen atoms in total. The second kappa shape index (κ2) is 7.93. The number of carbonyl (C=O) groups excluding carboxylic acids is 1. The average molecular weight is 381 g/mol. The fraction of sp³-hybridized carbons (Fsp3) is 0.176. The van der Waals surface area contributed by atoms with Gasteiger partial charge in [-0.05, 0) is 36.2 Å². The van der Waals surface area contributed by atoms with Crippen LogP contribution in [-0.4, -0.2) is 18.2 Å². The van der Waals surface area contributed by atoms with Crippen molar-refractivity contribution in [2.45, 2.75) is 18.5 Å². The lowest BCUT2D eigenvalue weighted by Gasteiger charge is -2.09. The lowest BCUT2D eigenvalue weighted by atomic mass is 10.0. The number of hydrazone groups is 1. The molecule has 1 fully saturated rings. The first kappa shape index (κ1) is 17.8. The van der Waals surface area contributed by atoms with Crippen LogP contribution in [0.25, 0.3) is 0 Å². The molecule has 3 N–H and O–H groups in total. The number of rotatable bonds is 4. The molecule has 1 heterocycles. The molecule has 1 aliphatic rings. The van der Waals surface area contributed by atoms with Crippen LogP contribution in [-0.2, 0) is 4.79 Å². The summed E-state index contributed by atoms with van der Waals surface area (Å²) in [6.07, 6.45) is 1.92. The summed E-state index contributed by atoms with van der Waals surface area (Å²) in [5.41, 5.74) is 9.82. The molecule has 0 radical (unpaired) electrons. The maximum atomic E-state index is 13.0. The molecular weight excluding hydrogens is 366 g/mol. The molecule has 1 amide bonds. The van der Waals surface area contributed by atoms with Crippen molar-refractivity contribution in [2.24, 2.45) is 5.10 Å². The Kier molecular flexibility index (Phi) is 5.65. The summed E-state index contributed by atoms with van der Waals surface area (Å²) in [5.74, 6) is -0.590. The molecule has 2 aromatic rings. The number of nitrogens with one attached hydrogen (secondary N) is 3. The highest BCUT2D eigenvalue weighted by Crippen LogP contribution is 2.23. The van der Waals surface area contributed by atoms with Crippen molar-refractivity contribution in [1.82, 2.24) is 16.3 Å². The van der Waals surface area contributed by atoms with Gasteiger partial charge in [0.2, 0.25) is 0 Å². The van der Waals surface area contributed by atoms with Crippen molar-refractivity contribution in [1.29, 1.82) is 0 Å². The number of halogens is 3. The van der Waals surface area contributed by atoms with E-state index in [0.29, 0.717) is 22.0 Å². The molecule has 1 saturated heterocycles. The predicted octanol–water partition coefficient (Wildman–Crippen LogP) is 3.19. The summed E-state index contributed by atoms with van der Waals surface area (Å²) < 4.78 is 13.0. The monoisotopic (exact) mass is 380 g/mol. The highest BCUT2D eigenvalue weighted by molar-refractivity contribution is 6.38. The summed E-state index contributed by atoms with van der Waals surface area (Å²) in [7, 11) is 0. The molecule has 0 aliphatic carbocycles. The van der Waals surface area contributed by atoms with Gasteiger partial charge in [0, 0.05) is 11.6 Å². The quantitative estimate of drug-likeness (QED) is 0.563. The standard InChI is InChI=1S/C17H15Cl2FN4O/c18-13-2-1-3-14(19)12(13)9-21-24-17(25)16-8-15(22-23-16)10-4-6-11(20)7-5-10/h1-7,9,15-16,22-23H,8H2,(H,24,25)/b21-9+. The number of nitrogens with zero attached hydrogens (tertiary/aromatic N) is 1. The van der Waals surface area contributed by atoms with Crippen molar-refractivity contribution in [2.75, 3.05) is 0 Å². The number of hydrogen-bond acceptors (Lipinski definition) is 4. The molecule has 1 aliphatic heterocycles. The Morgan fingerprint density at radius 2 is 1.84 bits per heavy atom. The molecular formula is C17H15Cl2FN4O. The maximum Gasteiger partial charge on any atom is 0.258 e. The zero-order valence-corrected chi connectivity index (χ0v) is 14.5. The van der Waals surface area contributed by atoms with E-state index in [1.165, 1.54) is 18.3 Å². The Labute approximate surface area is 154 Å². The largest absolute Gasteiger partial charge is 0.271 e. The minimum atomic E-state index is -0.464. The summed E-state index contributed by atoms with van der Waals surface area (Å²) in [6, 6.07) is 10.7. The molecule has 0 spiro atoms. The Balaban J connectivity index is 1.57. The van der Waals surface area contributed by atoms with E-state index in [2.05, 4.69) is 21.4 Å². The van der Waals surface area contributed by atoms with Crippen molar-refractivity contribution >= 4 is 35.3 Å². The van der Waals surface area contributed by atoms with Gasteiger partial charge in [-0.25, -0.2) is 20.7 Å². The van der Waals surface area contributed by atoms with Gasteiger partial charge in [0.1, 0.15) is 11.9 Å². The molecule has 3 rings (SSSR count). The first-order chi connectivity index (χ1) is 12.0. The molecule has 0 bridgehead atoms. The van der Waals surface area contributed by atoms with Crippen LogP contribution in [0.5, 0.6) is 0 Å². The zero-order chi connectivity index (χ0) is 17.8. The van der Waals surface area contributed by atoms with Crippen LogP contribution in [0.2, 0.25) is 10.0 Å². The average Bonchev–Trinajstić information content (AvgIpc) is 3.08. The molecule has 2 unspecified atom stereocenters. The lowest BCUT2D eigenvalue weighted by molar-refractivity contribution is -0.122. The number of amides is 1. The molecule has 0 saturated carbocycles. The van der Waals surface area contributed by atoms with Crippen molar-refractivity contribution in [3.05, 3.63) is 69.5 Å². The smallest absolute Gasteiger partial charge is 0.258 e. The first-order valence-corrected chi connectivity index (χ1v) is 8.33. The molecule has 0 aromatic heterocycles. The third-order valence-corrected chi connectivity index (χ3v) is 4.52. The van der Waals surface area contributed by atoms with E-state index in [1.54, 1.807) is 30.3 Å². The molecule has 130 valence electrons. The van der Waals surface area contributed by atoms with E-state index < -0.39 is 6.04 Å². The Bertz CT molecular complexity index is 777. The second-order valence-electron chi connectivity index (χ2n) is 5.55. The normalized spacial score (nSPS) is 20.1. The Morgan fingerprint density at radius 3 is 2.52 bits per heavy atom.